The smallest absolute Gasteiger partial charge is 0.319 e. The molecule has 0 aliphatic heterocycles. The Balaban J connectivity index is 1.75. The molecule has 5 nitrogen and oxygen atoms in total. The van der Waals surface area contributed by atoms with Gasteiger partial charge in [-0.3, -0.25) is 4.79 Å². The maximum atomic E-state index is 12.0. The van der Waals surface area contributed by atoms with Gasteiger partial charge in [0.15, 0.2) is 0 Å². The first-order chi connectivity index (χ1) is 12.6. The Morgan fingerprint density at radius 3 is 2.35 bits per heavy atom. The van der Waals surface area contributed by atoms with E-state index in [-0.39, 0.29) is 11.9 Å². The highest BCUT2D eigenvalue weighted by Gasteiger charge is 2.06. The molecule has 0 bridgehead atoms. The molecule has 0 saturated heterocycles. The minimum Gasteiger partial charge on any atom is -0.334 e. The van der Waals surface area contributed by atoms with Crippen LogP contribution >= 0.6 is 23.4 Å². The average molecular weight is 390 g/mol. The maximum absolute atomic E-state index is 12.0. The third-order valence-electron chi connectivity index (χ3n) is 3.26. The fourth-order valence-electron chi connectivity index (χ4n) is 2.02. The molecule has 2 rings (SSSR count). The lowest BCUT2D eigenvalue weighted by molar-refractivity contribution is -0.115. The number of rotatable bonds is 8. The van der Waals surface area contributed by atoms with Crippen LogP contribution in [-0.4, -0.2) is 24.2 Å². The lowest BCUT2D eigenvalue weighted by Gasteiger charge is -2.08. The monoisotopic (exact) mass is 389 g/mol. The van der Waals surface area contributed by atoms with Crippen LogP contribution in [0.25, 0.3) is 0 Å². The van der Waals surface area contributed by atoms with Crippen molar-refractivity contribution in [3.05, 3.63) is 66.2 Å². The topological polar surface area (TPSA) is 70.2 Å². The van der Waals surface area contributed by atoms with E-state index in [0.29, 0.717) is 35.1 Å². The second-order valence-electron chi connectivity index (χ2n) is 5.28. The van der Waals surface area contributed by atoms with E-state index in [2.05, 4.69) is 22.5 Å². The van der Waals surface area contributed by atoms with E-state index in [1.807, 2.05) is 24.3 Å². The van der Waals surface area contributed by atoms with Gasteiger partial charge in [-0.1, -0.05) is 29.8 Å². The van der Waals surface area contributed by atoms with E-state index < -0.39 is 0 Å². The Morgan fingerprint density at radius 2 is 1.69 bits per heavy atom. The summed E-state index contributed by atoms with van der Waals surface area (Å²) in [5.74, 6) is 0.563. The summed E-state index contributed by atoms with van der Waals surface area (Å²) in [5.41, 5.74) is 1.31. The molecule has 0 radical (unpaired) electrons. The fraction of sp³-hybridized carbons (Fsp3) is 0.158. The van der Waals surface area contributed by atoms with E-state index in [1.165, 1.54) is 0 Å². The molecule has 136 valence electrons. The molecule has 0 heterocycles. The minimum absolute atomic E-state index is 0.0750. The molecule has 0 aromatic heterocycles. The van der Waals surface area contributed by atoms with Gasteiger partial charge in [-0.25, -0.2) is 4.79 Å². The van der Waals surface area contributed by atoms with Crippen molar-refractivity contribution in [1.29, 1.82) is 0 Å². The number of benzene rings is 2. The van der Waals surface area contributed by atoms with Crippen molar-refractivity contribution in [2.24, 2.45) is 0 Å². The largest absolute Gasteiger partial charge is 0.334 e. The van der Waals surface area contributed by atoms with E-state index in [1.54, 1.807) is 42.1 Å². The number of nitrogens with one attached hydrogen (secondary N) is 3. The molecular formula is C19H20ClN3O2S. The van der Waals surface area contributed by atoms with Crippen LogP contribution in [0.4, 0.5) is 16.2 Å². The van der Waals surface area contributed by atoms with Crippen molar-refractivity contribution in [3.63, 3.8) is 0 Å². The normalized spacial score (nSPS) is 10.0. The van der Waals surface area contributed by atoms with Crippen molar-refractivity contribution in [2.45, 2.75) is 11.3 Å². The zero-order valence-corrected chi connectivity index (χ0v) is 15.7. The Bertz CT molecular complexity index is 766. The van der Waals surface area contributed by atoms with Crippen molar-refractivity contribution in [1.82, 2.24) is 5.32 Å². The molecule has 2 aromatic rings. The van der Waals surface area contributed by atoms with E-state index in [9.17, 15) is 9.59 Å². The molecule has 0 unspecified atom stereocenters. The molecule has 26 heavy (non-hydrogen) atoms. The van der Waals surface area contributed by atoms with Crippen LogP contribution < -0.4 is 16.0 Å². The van der Waals surface area contributed by atoms with E-state index in [0.717, 1.165) is 4.90 Å². The summed E-state index contributed by atoms with van der Waals surface area (Å²) in [7, 11) is 0. The standard InChI is InChI=1S/C19H20ClN3O2S/c1-2-12-21-19(25)23-15-9-7-14(8-10-15)22-18(24)11-13-26-17-6-4-3-5-16(17)20/h2-10H,1,11-13H2,(H,22,24)(H2,21,23,25). The number of carbonyl (C=O) groups excluding carboxylic acids is 2. The van der Waals surface area contributed by atoms with Gasteiger partial charge < -0.3 is 16.0 Å². The summed E-state index contributed by atoms with van der Waals surface area (Å²) in [6.07, 6.45) is 1.97. The highest BCUT2D eigenvalue weighted by molar-refractivity contribution is 7.99. The molecular weight excluding hydrogens is 370 g/mol. The molecule has 0 saturated carbocycles. The van der Waals surface area contributed by atoms with Crippen molar-refractivity contribution < 1.29 is 9.59 Å². The third-order valence-corrected chi connectivity index (χ3v) is 4.77. The number of anilines is 2. The number of hydrogen-bond acceptors (Lipinski definition) is 3. The van der Waals surface area contributed by atoms with Crippen LogP contribution in [-0.2, 0) is 4.79 Å². The Labute approximate surface area is 162 Å². The first-order valence-corrected chi connectivity index (χ1v) is 9.38. The van der Waals surface area contributed by atoms with Crippen LogP contribution in [0.3, 0.4) is 0 Å². The van der Waals surface area contributed by atoms with Crippen LogP contribution in [0, 0.1) is 0 Å². The second-order valence-corrected chi connectivity index (χ2v) is 6.82. The zero-order valence-electron chi connectivity index (χ0n) is 14.1. The summed E-state index contributed by atoms with van der Waals surface area (Å²) < 4.78 is 0. The van der Waals surface area contributed by atoms with E-state index in [4.69, 9.17) is 11.6 Å². The van der Waals surface area contributed by atoms with Crippen molar-refractivity contribution in [3.8, 4) is 0 Å². The molecule has 3 amide bonds. The lowest BCUT2D eigenvalue weighted by atomic mass is 10.2. The second kappa shape index (κ2) is 10.5. The maximum Gasteiger partial charge on any atom is 0.319 e. The molecule has 0 atom stereocenters. The minimum atomic E-state index is -0.307. The van der Waals surface area contributed by atoms with Gasteiger partial charge in [-0.05, 0) is 36.4 Å². The highest BCUT2D eigenvalue weighted by atomic mass is 35.5. The third kappa shape index (κ3) is 6.82. The van der Waals surface area contributed by atoms with Gasteiger partial charge in [0.1, 0.15) is 0 Å². The van der Waals surface area contributed by atoms with Crippen LogP contribution in [0.5, 0.6) is 0 Å². The molecule has 2 aromatic carbocycles. The number of amides is 3. The molecule has 0 spiro atoms. The van der Waals surface area contributed by atoms with Gasteiger partial charge in [0.05, 0.1) is 5.02 Å². The molecule has 3 N–H and O–H groups in total. The van der Waals surface area contributed by atoms with Gasteiger partial charge in [0.25, 0.3) is 0 Å². The molecule has 0 aliphatic rings. The number of urea groups is 1. The van der Waals surface area contributed by atoms with Gasteiger partial charge in [0, 0.05) is 35.0 Å². The van der Waals surface area contributed by atoms with Gasteiger partial charge >= 0.3 is 6.03 Å². The quantitative estimate of drug-likeness (QED) is 0.450. The Morgan fingerprint density at radius 1 is 1.04 bits per heavy atom. The van der Waals surface area contributed by atoms with Crippen molar-refractivity contribution in [2.75, 3.05) is 22.9 Å². The SMILES string of the molecule is C=CCNC(=O)Nc1ccc(NC(=O)CCSc2ccccc2Cl)cc1. The highest BCUT2D eigenvalue weighted by Crippen LogP contribution is 2.27. The van der Waals surface area contributed by atoms with E-state index >= 15 is 0 Å². The molecule has 0 fully saturated rings. The van der Waals surface area contributed by atoms with Crippen LogP contribution in [0.2, 0.25) is 5.02 Å². The summed E-state index contributed by atoms with van der Waals surface area (Å²) in [6.45, 7) is 3.93. The average Bonchev–Trinajstić information content (AvgIpc) is 2.63. The summed E-state index contributed by atoms with van der Waals surface area (Å²) in [4.78, 5) is 24.5. The number of halogens is 1. The fourth-order valence-corrected chi connectivity index (χ4v) is 3.20. The first kappa shape index (κ1) is 19.9. The Hall–Kier alpha value is -2.44. The lowest BCUT2D eigenvalue weighted by Crippen LogP contribution is -2.28. The molecule has 0 aliphatic carbocycles. The number of hydrogen-bond donors (Lipinski definition) is 3. The van der Waals surface area contributed by atoms with Gasteiger partial charge in [0.2, 0.25) is 5.91 Å². The summed E-state index contributed by atoms with van der Waals surface area (Å²) in [6, 6.07) is 14.2. The summed E-state index contributed by atoms with van der Waals surface area (Å²) >= 11 is 7.63. The van der Waals surface area contributed by atoms with Gasteiger partial charge in [-0.15, -0.1) is 18.3 Å². The Kier molecular flexibility index (Phi) is 8.05. The predicted octanol–water partition coefficient (Wildman–Crippen LogP) is 4.77. The predicted molar refractivity (Wildman–Crippen MR) is 109 cm³/mol. The zero-order chi connectivity index (χ0) is 18.8. The van der Waals surface area contributed by atoms with Crippen LogP contribution in [0.1, 0.15) is 6.42 Å². The summed E-state index contributed by atoms with van der Waals surface area (Å²) in [5, 5.41) is 8.83. The first-order valence-electron chi connectivity index (χ1n) is 8.01. The number of thioether (sulfide) groups is 1. The van der Waals surface area contributed by atoms with Crippen molar-refractivity contribution >= 4 is 46.7 Å². The van der Waals surface area contributed by atoms with Crippen LogP contribution in [0.15, 0.2) is 66.1 Å². The van der Waals surface area contributed by atoms with Gasteiger partial charge in [-0.2, -0.15) is 0 Å². The number of carbonyl (C=O) groups is 2. The molecule has 7 heteroatoms.